The van der Waals surface area contributed by atoms with Crippen molar-refractivity contribution in [1.29, 1.82) is 0 Å². The van der Waals surface area contributed by atoms with E-state index in [9.17, 15) is 0 Å². The standard InChI is InChI=1S/C3H9O2PS/c1-3(2)5-6(4)7/h3-4,7H,1-2H3. The lowest BCUT2D eigenvalue weighted by molar-refractivity contribution is 0.250. The summed E-state index contributed by atoms with van der Waals surface area (Å²) in [5.74, 6) is 0. The first-order chi connectivity index (χ1) is 3.13. The molecule has 0 saturated heterocycles. The lowest BCUT2D eigenvalue weighted by Crippen LogP contribution is -1.93. The van der Waals surface area contributed by atoms with Gasteiger partial charge in [-0.3, -0.25) is 0 Å². The molecule has 0 aliphatic rings. The molecular formula is C3H9O2PS. The zero-order valence-corrected chi connectivity index (χ0v) is 6.12. The highest BCUT2D eigenvalue weighted by molar-refractivity contribution is 8.41. The topological polar surface area (TPSA) is 29.5 Å². The molecule has 0 fully saturated rings. The molecule has 0 aromatic carbocycles. The molecule has 7 heavy (non-hydrogen) atoms. The first-order valence-corrected chi connectivity index (χ1v) is 4.34. The van der Waals surface area contributed by atoms with E-state index in [0.717, 1.165) is 0 Å². The van der Waals surface area contributed by atoms with Crippen molar-refractivity contribution >= 4 is 19.8 Å². The zero-order chi connectivity index (χ0) is 5.86. The van der Waals surface area contributed by atoms with Crippen molar-refractivity contribution in [3.05, 3.63) is 0 Å². The third-order valence-electron chi connectivity index (χ3n) is 0.305. The molecule has 0 aromatic heterocycles. The van der Waals surface area contributed by atoms with Gasteiger partial charge in [-0.25, -0.2) is 0 Å². The fourth-order valence-electron chi connectivity index (χ4n) is 0.189. The van der Waals surface area contributed by atoms with Gasteiger partial charge in [-0.15, -0.1) is 0 Å². The molecule has 0 radical (unpaired) electrons. The summed E-state index contributed by atoms with van der Waals surface area (Å²) in [5.41, 5.74) is 0. The van der Waals surface area contributed by atoms with E-state index < -0.39 is 7.58 Å². The van der Waals surface area contributed by atoms with E-state index in [1.54, 1.807) is 0 Å². The van der Waals surface area contributed by atoms with Crippen LogP contribution in [-0.2, 0) is 4.52 Å². The highest BCUT2D eigenvalue weighted by Crippen LogP contribution is 2.37. The van der Waals surface area contributed by atoms with Crippen LogP contribution in [0.1, 0.15) is 13.8 Å². The monoisotopic (exact) mass is 140 g/mol. The predicted octanol–water partition coefficient (Wildman–Crippen LogP) is 1.56. The Hall–Kier alpha value is 0.700. The van der Waals surface area contributed by atoms with Gasteiger partial charge in [0.1, 0.15) is 0 Å². The summed E-state index contributed by atoms with van der Waals surface area (Å²) in [4.78, 5) is 8.43. The first kappa shape index (κ1) is 7.70. The van der Waals surface area contributed by atoms with Crippen LogP contribution < -0.4 is 0 Å². The molecular weight excluding hydrogens is 131 g/mol. The lowest BCUT2D eigenvalue weighted by atomic mass is 10.5. The van der Waals surface area contributed by atoms with E-state index in [-0.39, 0.29) is 6.10 Å². The SMILES string of the molecule is CC(C)OP(O)S. The quantitative estimate of drug-likeness (QED) is 0.450. The Bertz CT molecular complexity index is 42.2. The van der Waals surface area contributed by atoms with Crippen LogP contribution in [0.15, 0.2) is 0 Å². The van der Waals surface area contributed by atoms with Crippen molar-refractivity contribution in [1.82, 2.24) is 0 Å². The van der Waals surface area contributed by atoms with Gasteiger partial charge in [0, 0.05) is 0 Å². The largest absolute Gasteiger partial charge is 0.342 e. The van der Waals surface area contributed by atoms with Crippen LogP contribution in [0.5, 0.6) is 0 Å². The maximum atomic E-state index is 8.43. The summed E-state index contributed by atoms with van der Waals surface area (Å²) in [6, 6.07) is 0. The van der Waals surface area contributed by atoms with Gasteiger partial charge in [0.25, 0.3) is 0 Å². The summed E-state index contributed by atoms with van der Waals surface area (Å²) in [7, 11) is -1.45. The average Bonchev–Trinajstić information content (AvgIpc) is 1.27. The Balaban J connectivity index is 2.95. The maximum Gasteiger partial charge on any atom is 0.232 e. The fraction of sp³-hybridized carbons (Fsp3) is 1.00. The predicted molar refractivity (Wildman–Crippen MR) is 34.3 cm³/mol. The normalized spacial score (nSPS) is 15.0. The summed E-state index contributed by atoms with van der Waals surface area (Å²) in [6.45, 7) is 3.70. The van der Waals surface area contributed by atoms with Crippen molar-refractivity contribution in [2.45, 2.75) is 20.0 Å². The van der Waals surface area contributed by atoms with E-state index in [4.69, 9.17) is 9.42 Å². The van der Waals surface area contributed by atoms with Gasteiger partial charge in [0.2, 0.25) is 7.58 Å². The minimum Gasteiger partial charge on any atom is -0.342 e. The summed E-state index contributed by atoms with van der Waals surface area (Å²) >= 11 is 3.64. The van der Waals surface area contributed by atoms with Crippen LogP contribution in [0.25, 0.3) is 0 Å². The number of hydrogen-bond donors (Lipinski definition) is 2. The molecule has 1 N–H and O–H groups in total. The van der Waals surface area contributed by atoms with E-state index in [2.05, 4.69) is 12.2 Å². The minimum absolute atomic E-state index is 0.0774. The van der Waals surface area contributed by atoms with Crippen LogP contribution in [0.3, 0.4) is 0 Å². The average molecular weight is 140 g/mol. The van der Waals surface area contributed by atoms with Gasteiger partial charge in [0.05, 0.1) is 6.10 Å². The molecule has 44 valence electrons. The third kappa shape index (κ3) is 6.70. The second-order valence-electron chi connectivity index (χ2n) is 1.41. The molecule has 0 saturated carbocycles. The summed E-state index contributed by atoms with van der Waals surface area (Å²) in [6.07, 6.45) is 0.0774. The van der Waals surface area contributed by atoms with Gasteiger partial charge in [-0.05, 0) is 13.8 Å². The van der Waals surface area contributed by atoms with Crippen LogP contribution >= 0.6 is 19.8 Å². The van der Waals surface area contributed by atoms with E-state index in [0.29, 0.717) is 0 Å². The highest BCUT2D eigenvalue weighted by Gasteiger charge is 1.98. The molecule has 0 aliphatic carbocycles. The molecule has 0 rings (SSSR count). The van der Waals surface area contributed by atoms with Crippen molar-refractivity contribution < 1.29 is 9.42 Å². The zero-order valence-electron chi connectivity index (χ0n) is 4.33. The Kier molecular flexibility index (Phi) is 4.04. The second-order valence-corrected chi connectivity index (χ2v) is 3.15. The van der Waals surface area contributed by atoms with Crippen LogP contribution in [0.2, 0.25) is 0 Å². The smallest absolute Gasteiger partial charge is 0.232 e. The van der Waals surface area contributed by atoms with E-state index >= 15 is 0 Å². The van der Waals surface area contributed by atoms with E-state index in [1.165, 1.54) is 0 Å². The van der Waals surface area contributed by atoms with Gasteiger partial charge < -0.3 is 9.42 Å². The molecule has 1 unspecified atom stereocenters. The molecule has 0 spiro atoms. The van der Waals surface area contributed by atoms with Crippen molar-refractivity contribution in [3.63, 3.8) is 0 Å². The third-order valence-corrected chi connectivity index (χ3v) is 1.20. The van der Waals surface area contributed by atoms with Gasteiger partial charge in [-0.1, -0.05) is 12.2 Å². The minimum atomic E-state index is -1.45. The van der Waals surface area contributed by atoms with Crippen LogP contribution in [-0.4, -0.2) is 11.0 Å². The number of rotatable bonds is 2. The Labute approximate surface area is 50.0 Å². The molecule has 4 heteroatoms. The van der Waals surface area contributed by atoms with Gasteiger partial charge in [0.15, 0.2) is 0 Å². The number of thiol groups is 1. The lowest BCUT2D eigenvalue weighted by Gasteiger charge is -2.05. The Morgan fingerprint density at radius 3 is 2.14 bits per heavy atom. The summed E-state index contributed by atoms with van der Waals surface area (Å²) in [5, 5.41) is 0. The van der Waals surface area contributed by atoms with Crippen molar-refractivity contribution in [3.8, 4) is 0 Å². The molecule has 0 aromatic rings. The van der Waals surface area contributed by atoms with Crippen molar-refractivity contribution in [2.75, 3.05) is 0 Å². The first-order valence-electron chi connectivity index (χ1n) is 1.97. The molecule has 0 amide bonds. The number of hydrogen-bond acceptors (Lipinski definition) is 3. The molecule has 0 aliphatic heterocycles. The summed E-state index contributed by atoms with van der Waals surface area (Å²) < 4.78 is 4.73. The van der Waals surface area contributed by atoms with Crippen LogP contribution in [0, 0.1) is 0 Å². The molecule has 1 atom stereocenters. The van der Waals surface area contributed by atoms with Gasteiger partial charge in [-0.2, -0.15) is 0 Å². The fourth-order valence-corrected chi connectivity index (χ4v) is 1.13. The van der Waals surface area contributed by atoms with Crippen molar-refractivity contribution in [2.24, 2.45) is 0 Å². The van der Waals surface area contributed by atoms with Crippen LogP contribution in [0.4, 0.5) is 0 Å². The van der Waals surface area contributed by atoms with E-state index in [1.807, 2.05) is 13.8 Å². The second kappa shape index (κ2) is 3.67. The molecule has 0 heterocycles. The molecule has 2 nitrogen and oxygen atoms in total. The Morgan fingerprint density at radius 1 is 1.71 bits per heavy atom. The highest BCUT2D eigenvalue weighted by atomic mass is 32.7. The maximum absolute atomic E-state index is 8.43. The Morgan fingerprint density at radius 2 is 2.14 bits per heavy atom. The molecule has 0 bridgehead atoms. The van der Waals surface area contributed by atoms with Gasteiger partial charge >= 0.3 is 0 Å².